The molecule has 1 N–H and O–H groups in total. The van der Waals surface area contributed by atoms with Crippen LogP contribution in [-0.4, -0.2) is 61.5 Å². The highest BCUT2D eigenvalue weighted by atomic mass is 16.5. The molecule has 3 rings (SSSR count). The second kappa shape index (κ2) is 7.78. The molecular formula is C19H25N3O4. The predicted molar refractivity (Wildman–Crippen MR) is 99.0 cm³/mol. The van der Waals surface area contributed by atoms with E-state index in [1.165, 1.54) is 0 Å². The SMILES string of the molecule is COc1ccc(-c2onc(N3CCCC(N(C)C)CC3)c2C(=O)O)cc1. The van der Waals surface area contributed by atoms with Gasteiger partial charge in [0.05, 0.1) is 7.11 Å². The number of anilines is 1. The summed E-state index contributed by atoms with van der Waals surface area (Å²) in [5, 5.41) is 13.9. The predicted octanol–water partition coefficient (Wildman–Crippen LogP) is 2.97. The maximum atomic E-state index is 11.9. The highest BCUT2D eigenvalue weighted by Gasteiger charge is 2.29. The van der Waals surface area contributed by atoms with Crippen molar-refractivity contribution in [3.63, 3.8) is 0 Å². The van der Waals surface area contributed by atoms with Gasteiger partial charge in [0, 0.05) is 24.7 Å². The minimum absolute atomic E-state index is 0.124. The lowest BCUT2D eigenvalue weighted by Crippen LogP contribution is -2.30. The van der Waals surface area contributed by atoms with Crippen LogP contribution in [0, 0.1) is 0 Å². The molecule has 1 aliphatic heterocycles. The molecule has 1 fully saturated rings. The molecule has 2 heterocycles. The Labute approximate surface area is 153 Å². The quantitative estimate of drug-likeness (QED) is 0.879. The van der Waals surface area contributed by atoms with E-state index in [2.05, 4.69) is 24.2 Å². The second-order valence-corrected chi connectivity index (χ2v) is 6.78. The molecule has 0 amide bonds. The van der Waals surface area contributed by atoms with Crippen LogP contribution in [0.2, 0.25) is 0 Å². The number of carboxylic acid groups (broad SMARTS) is 1. The fourth-order valence-corrected chi connectivity index (χ4v) is 3.44. The maximum Gasteiger partial charge on any atom is 0.343 e. The number of hydrogen-bond donors (Lipinski definition) is 1. The van der Waals surface area contributed by atoms with Crippen LogP contribution < -0.4 is 9.64 Å². The first kappa shape index (κ1) is 18.3. The molecule has 140 valence electrons. The number of benzene rings is 1. The Hall–Kier alpha value is -2.54. The van der Waals surface area contributed by atoms with Crippen molar-refractivity contribution in [3.8, 4) is 17.1 Å². The topological polar surface area (TPSA) is 79.0 Å². The van der Waals surface area contributed by atoms with E-state index in [1.807, 2.05) is 4.90 Å². The zero-order valence-corrected chi connectivity index (χ0v) is 15.4. The van der Waals surface area contributed by atoms with Crippen molar-refractivity contribution in [2.45, 2.75) is 25.3 Å². The Morgan fingerprint density at radius 2 is 2.00 bits per heavy atom. The molecule has 0 aliphatic carbocycles. The van der Waals surface area contributed by atoms with Gasteiger partial charge in [0.25, 0.3) is 0 Å². The summed E-state index contributed by atoms with van der Waals surface area (Å²) in [5.41, 5.74) is 0.793. The summed E-state index contributed by atoms with van der Waals surface area (Å²) >= 11 is 0. The molecule has 26 heavy (non-hydrogen) atoms. The van der Waals surface area contributed by atoms with Gasteiger partial charge in [0.1, 0.15) is 5.75 Å². The highest BCUT2D eigenvalue weighted by Crippen LogP contribution is 2.33. The first-order valence-corrected chi connectivity index (χ1v) is 8.80. The number of aromatic carboxylic acids is 1. The summed E-state index contributed by atoms with van der Waals surface area (Å²) in [4.78, 5) is 16.2. The van der Waals surface area contributed by atoms with Crippen molar-refractivity contribution in [2.75, 3.05) is 39.2 Å². The Kier molecular flexibility index (Phi) is 5.46. The molecule has 7 nitrogen and oxygen atoms in total. The zero-order chi connectivity index (χ0) is 18.7. The van der Waals surface area contributed by atoms with E-state index in [9.17, 15) is 9.90 Å². The average molecular weight is 359 g/mol. The summed E-state index contributed by atoms with van der Waals surface area (Å²) in [6.07, 6.45) is 3.05. The average Bonchev–Trinajstić information content (AvgIpc) is 2.92. The Morgan fingerprint density at radius 3 is 2.62 bits per heavy atom. The summed E-state index contributed by atoms with van der Waals surface area (Å²) in [5.74, 6) is 0.374. The second-order valence-electron chi connectivity index (χ2n) is 6.78. The van der Waals surface area contributed by atoms with Gasteiger partial charge in [-0.05, 0) is 57.6 Å². The van der Waals surface area contributed by atoms with Gasteiger partial charge in [-0.15, -0.1) is 0 Å². The van der Waals surface area contributed by atoms with Gasteiger partial charge in [-0.2, -0.15) is 0 Å². The number of rotatable bonds is 5. The zero-order valence-electron chi connectivity index (χ0n) is 15.4. The summed E-state index contributed by atoms with van der Waals surface area (Å²) in [6.45, 7) is 1.54. The van der Waals surface area contributed by atoms with Crippen molar-refractivity contribution in [3.05, 3.63) is 29.8 Å². The van der Waals surface area contributed by atoms with E-state index in [4.69, 9.17) is 9.26 Å². The Morgan fingerprint density at radius 1 is 1.27 bits per heavy atom. The molecule has 1 aliphatic rings. The molecule has 0 radical (unpaired) electrons. The number of hydrogen-bond acceptors (Lipinski definition) is 6. The van der Waals surface area contributed by atoms with Crippen LogP contribution in [0.1, 0.15) is 29.6 Å². The Bertz CT molecular complexity index is 755. The molecule has 1 unspecified atom stereocenters. The highest BCUT2D eigenvalue weighted by molar-refractivity contribution is 5.99. The normalized spacial score (nSPS) is 18.0. The van der Waals surface area contributed by atoms with Gasteiger partial charge in [-0.25, -0.2) is 4.79 Å². The van der Waals surface area contributed by atoms with Gasteiger partial charge >= 0.3 is 5.97 Å². The minimum Gasteiger partial charge on any atom is -0.497 e. The largest absolute Gasteiger partial charge is 0.497 e. The first-order chi connectivity index (χ1) is 12.5. The van der Waals surface area contributed by atoms with Crippen LogP contribution in [0.3, 0.4) is 0 Å². The molecule has 1 aromatic heterocycles. The molecule has 1 atom stereocenters. The van der Waals surface area contributed by atoms with Crippen LogP contribution >= 0.6 is 0 Å². The van der Waals surface area contributed by atoms with E-state index in [-0.39, 0.29) is 11.3 Å². The number of aromatic nitrogens is 1. The number of carboxylic acids is 1. The van der Waals surface area contributed by atoms with Gasteiger partial charge in [-0.3, -0.25) is 0 Å². The van der Waals surface area contributed by atoms with E-state index >= 15 is 0 Å². The third kappa shape index (κ3) is 3.67. The van der Waals surface area contributed by atoms with Crippen LogP contribution in [0.5, 0.6) is 5.75 Å². The van der Waals surface area contributed by atoms with Crippen molar-refractivity contribution >= 4 is 11.8 Å². The van der Waals surface area contributed by atoms with Crippen LogP contribution in [0.4, 0.5) is 5.82 Å². The van der Waals surface area contributed by atoms with Crippen LogP contribution in [0.25, 0.3) is 11.3 Å². The smallest absolute Gasteiger partial charge is 0.343 e. The number of nitrogens with zero attached hydrogens (tertiary/aromatic N) is 3. The van der Waals surface area contributed by atoms with Crippen molar-refractivity contribution in [1.82, 2.24) is 10.1 Å². The molecule has 0 saturated carbocycles. The number of ether oxygens (including phenoxy) is 1. The lowest BCUT2D eigenvalue weighted by Gasteiger charge is -2.23. The monoisotopic (exact) mass is 359 g/mol. The maximum absolute atomic E-state index is 11.9. The molecule has 7 heteroatoms. The van der Waals surface area contributed by atoms with E-state index < -0.39 is 5.97 Å². The number of carbonyl (C=O) groups is 1. The van der Waals surface area contributed by atoms with E-state index in [1.54, 1.807) is 31.4 Å². The van der Waals surface area contributed by atoms with Gasteiger partial charge < -0.3 is 24.2 Å². The molecular weight excluding hydrogens is 334 g/mol. The summed E-state index contributed by atoms with van der Waals surface area (Å²) in [7, 11) is 5.76. The van der Waals surface area contributed by atoms with Crippen molar-refractivity contribution in [2.24, 2.45) is 0 Å². The first-order valence-electron chi connectivity index (χ1n) is 8.80. The van der Waals surface area contributed by atoms with Crippen LogP contribution in [0.15, 0.2) is 28.8 Å². The summed E-state index contributed by atoms with van der Waals surface area (Å²) < 4.78 is 10.6. The van der Waals surface area contributed by atoms with Gasteiger partial charge in [0.15, 0.2) is 17.1 Å². The van der Waals surface area contributed by atoms with Crippen molar-refractivity contribution in [1.29, 1.82) is 0 Å². The van der Waals surface area contributed by atoms with Gasteiger partial charge in [0.2, 0.25) is 0 Å². The van der Waals surface area contributed by atoms with Crippen LogP contribution in [-0.2, 0) is 0 Å². The Balaban J connectivity index is 1.91. The standard InChI is InChI=1S/C19H25N3O4/c1-21(2)14-5-4-11-22(12-10-14)18-16(19(23)24)17(26-20-18)13-6-8-15(25-3)9-7-13/h6-9,14H,4-5,10-12H2,1-3H3,(H,23,24). The lowest BCUT2D eigenvalue weighted by atomic mass is 10.1. The lowest BCUT2D eigenvalue weighted by molar-refractivity contribution is 0.0698. The molecule has 0 bridgehead atoms. The van der Waals surface area contributed by atoms with E-state index in [0.29, 0.717) is 23.2 Å². The third-order valence-electron chi connectivity index (χ3n) is 4.97. The minimum atomic E-state index is -1.03. The third-order valence-corrected chi connectivity index (χ3v) is 4.97. The van der Waals surface area contributed by atoms with E-state index in [0.717, 1.165) is 32.4 Å². The number of methoxy groups -OCH3 is 1. The molecule has 1 aromatic carbocycles. The van der Waals surface area contributed by atoms with Gasteiger partial charge in [-0.1, -0.05) is 5.16 Å². The molecule has 0 spiro atoms. The summed E-state index contributed by atoms with van der Waals surface area (Å²) in [6, 6.07) is 7.61. The molecule has 1 saturated heterocycles. The fourth-order valence-electron chi connectivity index (χ4n) is 3.44. The molecule has 2 aromatic rings. The fraction of sp³-hybridized carbons (Fsp3) is 0.474. The van der Waals surface area contributed by atoms with Crippen molar-refractivity contribution < 1.29 is 19.2 Å².